The molecule has 0 spiro atoms. The van der Waals surface area contributed by atoms with Crippen LogP contribution in [0.4, 0.5) is 4.39 Å². The number of ketones is 1. The second kappa shape index (κ2) is 4.56. The number of carbonyl (C=O) groups is 1. The van der Waals surface area contributed by atoms with E-state index >= 15 is 0 Å². The maximum absolute atomic E-state index is 13.6. The predicted molar refractivity (Wildman–Crippen MR) is 59.3 cm³/mol. The molecule has 82 valence electrons. The largest absolute Gasteiger partial charge is 0.299 e. The highest BCUT2D eigenvalue weighted by Gasteiger charge is 2.33. The summed E-state index contributed by atoms with van der Waals surface area (Å²) in [5, 5.41) is 0. The second-order valence-electron chi connectivity index (χ2n) is 3.94. The molecule has 1 aromatic carbocycles. The fourth-order valence-electron chi connectivity index (χ4n) is 1.84. The average Bonchev–Trinajstić information content (AvgIpc) is 2.27. The molecule has 1 nitrogen and oxygen atoms in total. The highest BCUT2D eigenvalue weighted by atomic mass is 19.1. The van der Waals surface area contributed by atoms with Gasteiger partial charge in [-0.25, -0.2) is 4.39 Å². The number of hydrogen-bond donors (Lipinski definition) is 0. The van der Waals surface area contributed by atoms with Gasteiger partial charge in [0.05, 0.1) is 5.41 Å². The Hall–Kier alpha value is -1.18. The number of benzene rings is 1. The quantitative estimate of drug-likeness (QED) is 0.740. The van der Waals surface area contributed by atoms with Gasteiger partial charge in [0.25, 0.3) is 0 Å². The zero-order chi connectivity index (χ0) is 11.5. The van der Waals surface area contributed by atoms with Crippen molar-refractivity contribution in [1.29, 1.82) is 0 Å². The van der Waals surface area contributed by atoms with Crippen molar-refractivity contribution in [2.75, 3.05) is 0 Å². The van der Waals surface area contributed by atoms with Crippen LogP contribution in [0.25, 0.3) is 0 Å². The van der Waals surface area contributed by atoms with Crippen molar-refractivity contribution in [3.8, 4) is 0 Å². The standard InChI is InChI=1S/C13H17FO/c1-4-12(15)13(3,5-2)10-8-6-7-9-11(10)14/h6-9H,4-5H2,1-3H3. The van der Waals surface area contributed by atoms with Gasteiger partial charge in [0.1, 0.15) is 11.6 Å². The molecule has 0 heterocycles. The first-order valence-electron chi connectivity index (χ1n) is 5.34. The summed E-state index contributed by atoms with van der Waals surface area (Å²) >= 11 is 0. The zero-order valence-electron chi connectivity index (χ0n) is 9.51. The molecule has 0 aliphatic heterocycles. The molecule has 0 N–H and O–H groups in total. The summed E-state index contributed by atoms with van der Waals surface area (Å²) in [6.07, 6.45) is 1.07. The van der Waals surface area contributed by atoms with Gasteiger partial charge in [0.15, 0.2) is 0 Å². The van der Waals surface area contributed by atoms with Crippen LogP contribution in [0, 0.1) is 5.82 Å². The van der Waals surface area contributed by atoms with Crippen LogP contribution in [-0.4, -0.2) is 5.78 Å². The SMILES string of the molecule is CCC(=O)C(C)(CC)c1ccccc1F. The smallest absolute Gasteiger partial charge is 0.142 e. The number of rotatable bonds is 4. The highest BCUT2D eigenvalue weighted by Crippen LogP contribution is 2.31. The maximum Gasteiger partial charge on any atom is 0.142 e. The van der Waals surface area contributed by atoms with Crippen LogP contribution in [0.2, 0.25) is 0 Å². The minimum absolute atomic E-state index is 0.0927. The first-order chi connectivity index (χ1) is 7.06. The van der Waals surface area contributed by atoms with Crippen LogP contribution >= 0.6 is 0 Å². The summed E-state index contributed by atoms with van der Waals surface area (Å²) in [4.78, 5) is 11.9. The van der Waals surface area contributed by atoms with E-state index in [4.69, 9.17) is 0 Å². The first kappa shape index (κ1) is 11.9. The molecule has 1 aromatic rings. The number of halogens is 1. The van der Waals surface area contributed by atoms with Gasteiger partial charge in [-0.15, -0.1) is 0 Å². The molecule has 1 unspecified atom stereocenters. The first-order valence-corrected chi connectivity index (χ1v) is 5.34. The molecule has 0 saturated heterocycles. The number of carbonyl (C=O) groups excluding carboxylic acids is 1. The van der Waals surface area contributed by atoms with Crippen LogP contribution in [0.1, 0.15) is 39.2 Å². The summed E-state index contributed by atoms with van der Waals surface area (Å²) in [6, 6.07) is 6.53. The van der Waals surface area contributed by atoms with Crippen molar-refractivity contribution in [1.82, 2.24) is 0 Å². The van der Waals surface area contributed by atoms with E-state index in [0.29, 0.717) is 18.4 Å². The lowest BCUT2D eigenvalue weighted by molar-refractivity contribution is -0.124. The molecular weight excluding hydrogens is 191 g/mol. The zero-order valence-corrected chi connectivity index (χ0v) is 9.51. The number of Topliss-reactive ketones (excluding diaryl/α,β-unsaturated/α-hetero) is 1. The molecule has 0 bridgehead atoms. The summed E-state index contributed by atoms with van der Waals surface area (Å²) in [6.45, 7) is 5.55. The molecule has 0 aliphatic rings. The normalized spacial score (nSPS) is 14.7. The van der Waals surface area contributed by atoms with Crippen molar-refractivity contribution < 1.29 is 9.18 Å². The maximum atomic E-state index is 13.6. The van der Waals surface area contributed by atoms with Crippen molar-refractivity contribution >= 4 is 5.78 Å². The summed E-state index contributed by atoms with van der Waals surface area (Å²) < 4.78 is 13.6. The van der Waals surface area contributed by atoms with Gasteiger partial charge in [-0.3, -0.25) is 4.79 Å². The van der Waals surface area contributed by atoms with E-state index in [1.165, 1.54) is 6.07 Å². The molecule has 0 aliphatic carbocycles. The Kier molecular flexibility index (Phi) is 3.61. The van der Waals surface area contributed by atoms with Gasteiger partial charge >= 0.3 is 0 Å². The van der Waals surface area contributed by atoms with Crippen LogP contribution in [0.5, 0.6) is 0 Å². The predicted octanol–water partition coefficient (Wildman–Crippen LogP) is 3.47. The Morgan fingerprint density at radius 3 is 2.40 bits per heavy atom. The van der Waals surface area contributed by atoms with Crippen molar-refractivity contribution in [3.05, 3.63) is 35.6 Å². The Labute approximate surface area is 90.3 Å². The van der Waals surface area contributed by atoms with Crippen LogP contribution < -0.4 is 0 Å². The topological polar surface area (TPSA) is 17.1 Å². The third-order valence-electron chi connectivity index (χ3n) is 3.11. The van der Waals surface area contributed by atoms with Crippen molar-refractivity contribution in [3.63, 3.8) is 0 Å². The van der Waals surface area contributed by atoms with Crippen LogP contribution in [0.3, 0.4) is 0 Å². The molecule has 0 saturated carbocycles. The van der Waals surface area contributed by atoms with E-state index < -0.39 is 5.41 Å². The Morgan fingerprint density at radius 1 is 1.33 bits per heavy atom. The molecule has 1 atom stereocenters. The van der Waals surface area contributed by atoms with E-state index in [2.05, 4.69) is 0 Å². The molecule has 1 rings (SSSR count). The van der Waals surface area contributed by atoms with Crippen LogP contribution in [0.15, 0.2) is 24.3 Å². The third-order valence-corrected chi connectivity index (χ3v) is 3.11. The van der Waals surface area contributed by atoms with Gasteiger partial charge in [-0.2, -0.15) is 0 Å². The second-order valence-corrected chi connectivity index (χ2v) is 3.94. The van der Waals surface area contributed by atoms with Gasteiger partial charge in [0, 0.05) is 12.0 Å². The Balaban J connectivity index is 3.23. The van der Waals surface area contributed by atoms with E-state index in [9.17, 15) is 9.18 Å². The summed E-state index contributed by atoms with van der Waals surface area (Å²) in [5.41, 5.74) is -0.167. The lowest BCUT2D eigenvalue weighted by Crippen LogP contribution is -2.32. The monoisotopic (exact) mass is 208 g/mol. The van der Waals surface area contributed by atoms with Crippen molar-refractivity contribution in [2.45, 2.75) is 39.0 Å². The lowest BCUT2D eigenvalue weighted by Gasteiger charge is -2.27. The van der Waals surface area contributed by atoms with Crippen molar-refractivity contribution in [2.24, 2.45) is 0 Å². The molecule has 2 heteroatoms. The van der Waals surface area contributed by atoms with E-state index in [1.807, 2.05) is 20.8 Å². The minimum atomic E-state index is -0.680. The third kappa shape index (κ3) is 2.09. The molecule has 0 radical (unpaired) electrons. The molecule has 0 fully saturated rings. The highest BCUT2D eigenvalue weighted by molar-refractivity contribution is 5.89. The average molecular weight is 208 g/mol. The molecule has 15 heavy (non-hydrogen) atoms. The fraction of sp³-hybridized carbons (Fsp3) is 0.462. The molecular formula is C13H17FO. The van der Waals surface area contributed by atoms with Gasteiger partial charge in [0.2, 0.25) is 0 Å². The Bertz CT molecular complexity index is 359. The van der Waals surface area contributed by atoms with Gasteiger partial charge in [-0.1, -0.05) is 32.0 Å². The fourth-order valence-corrected chi connectivity index (χ4v) is 1.84. The van der Waals surface area contributed by atoms with E-state index in [0.717, 1.165) is 0 Å². The van der Waals surface area contributed by atoms with Gasteiger partial charge < -0.3 is 0 Å². The minimum Gasteiger partial charge on any atom is -0.299 e. The summed E-state index contributed by atoms with van der Waals surface area (Å²) in [7, 11) is 0. The Morgan fingerprint density at radius 2 is 1.93 bits per heavy atom. The molecule has 0 amide bonds. The lowest BCUT2D eigenvalue weighted by atomic mass is 9.75. The van der Waals surface area contributed by atoms with E-state index in [-0.39, 0.29) is 11.6 Å². The van der Waals surface area contributed by atoms with Gasteiger partial charge in [-0.05, 0) is 19.4 Å². The molecule has 0 aromatic heterocycles. The summed E-state index contributed by atoms with van der Waals surface area (Å²) in [5.74, 6) is -0.196. The number of hydrogen-bond acceptors (Lipinski definition) is 1. The van der Waals surface area contributed by atoms with E-state index in [1.54, 1.807) is 18.2 Å². The van der Waals surface area contributed by atoms with Crippen LogP contribution in [-0.2, 0) is 10.2 Å².